The van der Waals surface area contributed by atoms with Gasteiger partial charge in [0, 0.05) is 36.9 Å². The first-order valence-electron chi connectivity index (χ1n) is 13.7. The lowest BCUT2D eigenvalue weighted by Gasteiger charge is -2.46. The fourth-order valence-electron chi connectivity index (χ4n) is 5.31. The largest absolute Gasteiger partial charge is 0.478 e. The number of rotatable bonds is 5. The van der Waals surface area contributed by atoms with Crippen molar-refractivity contribution in [3.05, 3.63) is 123 Å². The van der Waals surface area contributed by atoms with Crippen LogP contribution in [0.2, 0.25) is 0 Å². The second kappa shape index (κ2) is 11.3. The Morgan fingerprint density at radius 2 is 1.59 bits per heavy atom. The molecule has 10 heteroatoms. The van der Waals surface area contributed by atoms with Gasteiger partial charge in [-0.2, -0.15) is 10.5 Å². The van der Waals surface area contributed by atoms with Crippen LogP contribution in [0.15, 0.2) is 93.9 Å². The summed E-state index contributed by atoms with van der Waals surface area (Å²) in [7, 11) is 0. The molecule has 216 valence electrons. The Bertz CT molecular complexity index is 1930. The third-order valence-corrected chi connectivity index (χ3v) is 7.74. The van der Waals surface area contributed by atoms with Gasteiger partial charge in [-0.15, -0.1) is 0 Å². The lowest BCUT2D eigenvalue weighted by molar-refractivity contribution is -0.0818. The molecule has 0 unspecified atom stereocenters. The van der Waals surface area contributed by atoms with E-state index in [1.807, 2.05) is 12.1 Å². The first-order chi connectivity index (χ1) is 21.3. The van der Waals surface area contributed by atoms with Crippen LogP contribution < -0.4 is 10.4 Å². The summed E-state index contributed by atoms with van der Waals surface area (Å²) in [4.78, 5) is 43.5. The van der Waals surface area contributed by atoms with Crippen molar-refractivity contribution in [2.45, 2.75) is 37.6 Å². The zero-order valence-electron chi connectivity index (χ0n) is 23.4. The Morgan fingerprint density at radius 1 is 0.955 bits per heavy atom. The Balaban J connectivity index is 1.35. The van der Waals surface area contributed by atoms with Crippen molar-refractivity contribution >= 4 is 18.0 Å². The summed E-state index contributed by atoms with van der Waals surface area (Å²) in [6.07, 6.45) is 3.44. The number of esters is 2. The lowest BCUT2D eigenvalue weighted by atomic mass is 9.75. The standard InChI is InChI=1S/C34H23N3O7/c1-34-25(14-27-29(44-34)16-28(42-33(27)40)24-3-2-12-37-19-24)13-26(41-31(38)22-8-4-20(17-35)5-9-22)15-30(34)43-32(39)23-10-6-21(18-36)7-11-23/h2-12,14,16,19,26,30H,13,15H2,1H3/t26-,30-,34-/m1/s1. The van der Waals surface area contributed by atoms with E-state index < -0.39 is 35.4 Å². The van der Waals surface area contributed by atoms with Gasteiger partial charge in [-0.1, -0.05) is 0 Å². The van der Waals surface area contributed by atoms with Crippen molar-refractivity contribution in [2.24, 2.45) is 0 Å². The van der Waals surface area contributed by atoms with Crippen molar-refractivity contribution in [1.29, 1.82) is 10.5 Å². The number of pyridine rings is 1. The van der Waals surface area contributed by atoms with Crippen LogP contribution in [0.4, 0.5) is 0 Å². The Kier molecular flexibility index (Phi) is 7.26. The monoisotopic (exact) mass is 585 g/mol. The minimum Gasteiger partial charge on any atom is -0.478 e. The van der Waals surface area contributed by atoms with Crippen molar-refractivity contribution in [1.82, 2.24) is 4.98 Å². The number of carbonyl (C=O) groups is 2. The number of aromatic nitrogens is 1. The molecule has 6 rings (SSSR count). The van der Waals surface area contributed by atoms with Crippen molar-refractivity contribution in [3.63, 3.8) is 0 Å². The van der Waals surface area contributed by atoms with Crippen LogP contribution in [0.5, 0.6) is 5.75 Å². The molecule has 2 aromatic heterocycles. The van der Waals surface area contributed by atoms with E-state index >= 15 is 0 Å². The van der Waals surface area contributed by atoms with Gasteiger partial charge in [0.1, 0.15) is 29.3 Å². The molecule has 0 spiro atoms. The minimum absolute atomic E-state index is 0.101. The Hall–Kier alpha value is -6.00. The summed E-state index contributed by atoms with van der Waals surface area (Å²) < 4.78 is 23.9. The van der Waals surface area contributed by atoms with Gasteiger partial charge in [0.15, 0.2) is 5.60 Å². The number of hydrogen-bond donors (Lipinski definition) is 0. The van der Waals surface area contributed by atoms with Gasteiger partial charge in [-0.3, -0.25) is 4.98 Å². The van der Waals surface area contributed by atoms with Crippen molar-refractivity contribution in [2.75, 3.05) is 0 Å². The van der Waals surface area contributed by atoms with E-state index in [1.165, 1.54) is 48.5 Å². The zero-order valence-corrected chi connectivity index (χ0v) is 23.4. The van der Waals surface area contributed by atoms with Crippen LogP contribution in [0.25, 0.3) is 17.4 Å². The van der Waals surface area contributed by atoms with Crippen molar-refractivity contribution in [3.8, 4) is 29.2 Å². The van der Waals surface area contributed by atoms with Crippen LogP contribution in [0, 0.1) is 22.7 Å². The van der Waals surface area contributed by atoms with Crippen LogP contribution in [-0.2, 0) is 9.47 Å². The molecule has 1 fully saturated rings. The summed E-state index contributed by atoms with van der Waals surface area (Å²) in [6.45, 7) is 1.76. The normalized spacial score (nSPS) is 19.9. The molecule has 44 heavy (non-hydrogen) atoms. The van der Waals surface area contributed by atoms with Gasteiger partial charge in [0.05, 0.1) is 34.4 Å². The van der Waals surface area contributed by atoms with E-state index in [-0.39, 0.29) is 41.0 Å². The summed E-state index contributed by atoms with van der Waals surface area (Å²) >= 11 is 0. The number of benzene rings is 2. The van der Waals surface area contributed by atoms with Crippen LogP contribution in [-0.4, -0.2) is 34.7 Å². The van der Waals surface area contributed by atoms with Crippen molar-refractivity contribution < 1.29 is 28.2 Å². The summed E-state index contributed by atoms with van der Waals surface area (Å²) in [6, 6.07) is 21.1. The van der Waals surface area contributed by atoms with E-state index in [1.54, 1.807) is 43.6 Å². The van der Waals surface area contributed by atoms with Gasteiger partial charge in [-0.05, 0) is 79.2 Å². The van der Waals surface area contributed by atoms with E-state index in [4.69, 9.17) is 29.2 Å². The van der Waals surface area contributed by atoms with Crippen LogP contribution in [0.1, 0.15) is 57.2 Å². The highest BCUT2D eigenvalue weighted by atomic mass is 16.6. The molecule has 0 bridgehead atoms. The molecule has 10 nitrogen and oxygen atoms in total. The quantitative estimate of drug-likeness (QED) is 0.285. The first-order valence-corrected chi connectivity index (χ1v) is 13.7. The number of carbonyl (C=O) groups excluding carboxylic acids is 2. The molecular weight excluding hydrogens is 562 g/mol. The molecule has 0 N–H and O–H groups in total. The van der Waals surface area contributed by atoms with Gasteiger partial charge < -0.3 is 18.6 Å². The molecular formula is C34H23N3O7. The maximum absolute atomic E-state index is 13.3. The molecule has 3 atom stereocenters. The van der Waals surface area contributed by atoms with E-state index in [9.17, 15) is 14.4 Å². The zero-order chi connectivity index (χ0) is 30.8. The van der Waals surface area contributed by atoms with Gasteiger partial charge in [0.25, 0.3) is 0 Å². The predicted octanol–water partition coefficient (Wildman–Crippen LogP) is 5.22. The third-order valence-electron chi connectivity index (χ3n) is 7.74. The molecule has 3 heterocycles. The number of nitrogens with zero attached hydrogens (tertiary/aromatic N) is 3. The van der Waals surface area contributed by atoms with Crippen LogP contribution in [0.3, 0.4) is 0 Å². The number of hydrogen-bond acceptors (Lipinski definition) is 10. The Labute approximate surface area is 251 Å². The molecule has 1 saturated carbocycles. The number of ether oxygens (including phenoxy) is 3. The molecule has 1 aliphatic heterocycles. The maximum Gasteiger partial charge on any atom is 0.347 e. The minimum atomic E-state index is -1.22. The number of nitriles is 2. The fourth-order valence-corrected chi connectivity index (χ4v) is 5.31. The molecule has 4 aromatic rings. The molecule has 0 amide bonds. The first kappa shape index (κ1) is 28.1. The average molecular weight is 586 g/mol. The summed E-state index contributed by atoms with van der Waals surface area (Å²) in [5.74, 6) is -0.756. The highest BCUT2D eigenvalue weighted by molar-refractivity contribution is 5.90. The van der Waals surface area contributed by atoms with E-state index in [0.717, 1.165) is 0 Å². The summed E-state index contributed by atoms with van der Waals surface area (Å²) in [5.41, 5.74) is 0.773. The molecule has 0 radical (unpaired) electrons. The molecule has 0 saturated heterocycles. The molecule has 1 aliphatic carbocycles. The highest BCUT2D eigenvalue weighted by Gasteiger charge is 2.51. The topological polar surface area (TPSA) is 153 Å². The molecule has 2 aliphatic rings. The Morgan fingerprint density at radius 3 is 2.18 bits per heavy atom. The van der Waals surface area contributed by atoms with E-state index in [2.05, 4.69) is 4.98 Å². The lowest BCUT2D eigenvalue weighted by Crippen LogP contribution is -2.55. The second-order valence-electron chi connectivity index (χ2n) is 10.5. The third kappa shape index (κ3) is 5.33. The van der Waals surface area contributed by atoms with E-state index in [0.29, 0.717) is 22.3 Å². The predicted molar refractivity (Wildman–Crippen MR) is 155 cm³/mol. The van der Waals surface area contributed by atoms with Gasteiger partial charge in [-0.25, -0.2) is 14.4 Å². The highest BCUT2D eigenvalue weighted by Crippen LogP contribution is 2.46. The second-order valence-corrected chi connectivity index (χ2v) is 10.5. The molecule has 2 aromatic carbocycles. The van der Waals surface area contributed by atoms with Gasteiger partial charge >= 0.3 is 17.6 Å². The maximum atomic E-state index is 13.3. The van der Waals surface area contributed by atoms with Gasteiger partial charge in [0.2, 0.25) is 0 Å². The smallest absolute Gasteiger partial charge is 0.347 e. The average Bonchev–Trinajstić information content (AvgIpc) is 3.05. The number of fused-ring (bicyclic) bond motifs is 2. The van der Waals surface area contributed by atoms with Crippen LogP contribution >= 0.6 is 0 Å². The summed E-state index contributed by atoms with van der Waals surface area (Å²) in [5, 5.41) is 18.2. The SMILES string of the molecule is C[C@@]12Oc3cc(-c4cccnc4)oc(=O)c3C=C1C[C@@H](OC(=O)c1ccc(C#N)cc1)C[C@H]2OC(=O)c1ccc(C#N)cc1. The fraction of sp³-hybridized carbons (Fsp3) is 0.176.